The number of rotatable bonds is 13. The van der Waals surface area contributed by atoms with Crippen LogP contribution in [-0.4, -0.2) is 60.6 Å². The van der Waals surface area contributed by atoms with E-state index in [-0.39, 0.29) is 11.9 Å². The van der Waals surface area contributed by atoms with Crippen molar-refractivity contribution in [1.29, 1.82) is 0 Å². The minimum Gasteiger partial charge on any atom is -0.493 e. The normalized spacial score (nSPS) is 17.7. The van der Waals surface area contributed by atoms with E-state index in [0.29, 0.717) is 24.7 Å². The maximum Gasteiger partial charge on any atom is 0.224 e. The van der Waals surface area contributed by atoms with Gasteiger partial charge in [0.15, 0.2) is 0 Å². The highest BCUT2D eigenvalue weighted by molar-refractivity contribution is 5.93. The predicted octanol–water partition coefficient (Wildman–Crippen LogP) is 5.86. The van der Waals surface area contributed by atoms with Crippen LogP contribution in [0.25, 0.3) is 5.57 Å². The number of amides is 1. The summed E-state index contributed by atoms with van der Waals surface area (Å²) in [4.78, 5) is 19.3. The van der Waals surface area contributed by atoms with Crippen LogP contribution in [0.4, 0.5) is 0 Å². The molecule has 210 valence electrons. The van der Waals surface area contributed by atoms with Gasteiger partial charge < -0.3 is 20.1 Å². The van der Waals surface area contributed by atoms with Crippen molar-refractivity contribution in [2.24, 2.45) is 10.9 Å². The molecular formula is C33H45N3O3. The van der Waals surface area contributed by atoms with Crippen molar-refractivity contribution in [1.82, 2.24) is 10.2 Å². The van der Waals surface area contributed by atoms with Gasteiger partial charge in [-0.3, -0.25) is 9.79 Å². The number of allylic oxidation sites excluding steroid dienone is 6. The maximum atomic E-state index is 12.6. The molecule has 2 N–H and O–H groups in total. The molecule has 6 nitrogen and oxygen atoms in total. The summed E-state index contributed by atoms with van der Waals surface area (Å²) in [5.74, 6) is 2.05. The number of likely N-dealkylation sites (tertiary alicyclic amines) is 1. The molecule has 1 aromatic rings. The Hall–Kier alpha value is -3.64. The third-order valence-corrected chi connectivity index (χ3v) is 6.36. The number of nitrogens with one attached hydrogen (secondary N) is 1. The van der Waals surface area contributed by atoms with Crippen LogP contribution in [0, 0.1) is 5.92 Å². The SMILES string of the molecule is C=C/C=C(\C=C\C(C)O)OCC1CCN(C(/C=C\C(C)NC(=O)C/C=C(\C=C/C)c2ccccc2)=NC)CC1. The lowest BCUT2D eigenvalue weighted by atomic mass is 9.97. The maximum absolute atomic E-state index is 12.6. The van der Waals surface area contributed by atoms with Crippen molar-refractivity contribution < 1.29 is 14.6 Å². The third-order valence-electron chi connectivity index (χ3n) is 6.36. The van der Waals surface area contributed by atoms with Crippen molar-refractivity contribution in [3.63, 3.8) is 0 Å². The van der Waals surface area contributed by atoms with Gasteiger partial charge >= 0.3 is 0 Å². The highest BCUT2D eigenvalue weighted by Crippen LogP contribution is 2.20. The lowest BCUT2D eigenvalue weighted by molar-refractivity contribution is -0.120. The number of aliphatic hydroxyl groups is 1. The Balaban J connectivity index is 1.83. The lowest BCUT2D eigenvalue weighted by Crippen LogP contribution is -2.39. The average molecular weight is 532 g/mol. The fourth-order valence-electron chi connectivity index (χ4n) is 4.25. The van der Waals surface area contributed by atoms with Gasteiger partial charge in [-0.25, -0.2) is 0 Å². The standard InChI is InChI=1S/C33H45N3O3/c1-6-11-29(30-13-9-8-10-14-30)17-20-33(38)35-26(3)15-19-32(34-5)36-23-21-28(22-24-36)25-39-31(12-7-2)18-16-27(4)37/h6-19,26-28,37H,2,20-25H2,1,3-5H3,(H,35,38)/b11-6-,18-16+,19-15-,29-17+,31-12+,34-32?. The molecule has 2 unspecified atom stereocenters. The van der Waals surface area contributed by atoms with E-state index in [2.05, 4.69) is 21.8 Å². The minimum absolute atomic E-state index is 0.0194. The van der Waals surface area contributed by atoms with E-state index < -0.39 is 6.10 Å². The second-order valence-electron chi connectivity index (χ2n) is 9.67. The molecular weight excluding hydrogens is 486 g/mol. The van der Waals surface area contributed by atoms with Gasteiger partial charge in [0.25, 0.3) is 0 Å². The molecule has 1 amide bonds. The first kappa shape index (κ1) is 31.6. The van der Waals surface area contributed by atoms with Crippen LogP contribution in [-0.2, 0) is 9.53 Å². The van der Waals surface area contributed by atoms with Crippen LogP contribution in [0.2, 0.25) is 0 Å². The Labute approximate surface area is 234 Å². The molecule has 1 aliphatic heterocycles. The first-order valence-corrected chi connectivity index (χ1v) is 13.8. The molecule has 39 heavy (non-hydrogen) atoms. The number of amidine groups is 1. The molecule has 1 fully saturated rings. The molecule has 0 radical (unpaired) electrons. The zero-order valence-electron chi connectivity index (χ0n) is 23.9. The van der Waals surface area contributed by atoms with E-state index in [1.165, 1.54) is 0 Å². The molecule has 2 rings (SSSR count). The van der Waals surface area contributed by atoms with Crippen molar-refractivity contribution in [2.45, 2.75) is 52.2 Å². The lowest BCUT2D eigenvalue weighted by Gasteiger charge is -2.33. The fraction of sp³-hybridized carbons (Fsp3) is 0.394. The second-order valence-corrected chi connectivity index (χ2v) is 9.67. The van der Waals surface area contributed by atoms with Crippen LogP contribution in [0.3, 0.4) is 0 Å². The highest BCUT2D eigenvalue weighted by Gasteiger charge is 2.21. The van der Waals surface area contributed by atoms with E-state index in [1.807, 2.05) is 74.6 Å². The van der Waals surface area contributed by atoms with E-state index >= 15 is 0 Å². The van der Waals surface area contributed by atoms with Gasteiger partial charge in [0.05, 0.1) is 12.7 Å². The quantitative estimate of drug-likeness (QED) is 0.145. The number of aliphatic imine (C=N–C) groups is 1. The van der Waals surface area contributed by atoms with Crippen LogP contribution < -0.4 is 5.32 Å². The van der Waals surface area contributed by atoms with E-state index in [1.54, 1.807) is 38.3 Å². The summed E-state index contributed by atoms with van der Waals surface area (Å²) >= 11 is 0. The molecule has 6 heteroatoms. The number of hydrogen-bond donors (Lipinski definition) is 2. The van der Waals surface area contributed by atoms with Crippen molar-refractivity contribution in [3.05, 3.63) is 103 Å². The number of benzene rings is 1. The van der Waals surface area contributed by atoms with Gasteiger partial charge in [-0.15, -0.1) is 0 Å². The highest BCUT2D eigenvalue weighted by atomic mass is 16.5. The summed E-state index contributed by atoms with van der Waals surface area (Å²) in [6, 6.07) is 9.97. The minimum atomic E-state index is -0.520. The summed E-state index contributed by atoms with van der Waals surface area (Å²) in [7, 11) is 1.80. The summed E-state index contributed by atoms with van der Waals surface area (Å²) < 4.78 is 5.96. The van der Waals surface area contributed by atoms with Gasteiger partial charge in [0.1, 0.15) is 11.6 Å². The number of carbonyl (C=O) groups excluding carboxylic acids is 1. The first-order chi connectivity index (χ1) is 18.9. The number of nitrogens with zero attached hydrogens (tertiary/aromatic N) is 2. The van der Waals surface area contributed by atoms with E-state index in [9.17, 15) is 9.90 Å². The Morgan fingerprint density at radius 2 is 1.90 bits per heavy atom. The Bertz CT molecular complexity index is 1070. The topological polar surface area (TPSA) is 74.2 Å². The average Bonchev–Trinajstić information content (AvgIpc) is 2.94. The zero-order chi connectivity index (χ0) is 28.5. The van der Waals surface area contributed by atoms with Crippen LogP contribution in [0.15, 0.2) is 102 Å². The second kappa shape index (κ2) is 17.8. The van der Waals surface area contributed by atoms with E-state index in [4.69, 9.17) is 4.74 Å². The van der Waals surface area contributed by atoms with Gasteiger partial charge in [-0.05, 0) is 68.9 Å². The Morgan fingerprint density at radius 1 is 1.18 bits per heavy atom. The molecule has 0 bridgehead atoms. The summed E-state index contributed by atoms with van der Waals surface area (Å²) in [6.45, 7) is 11.8. The molecule has 1 saturated heterocycles. The predicted molar refractivity (Wildman–Crippen MR) is 163 cm³/mol. The van der Waals surface area contributed by atoms with E-state index in [0.717, 1.165) is 42.9 Å². The number of aliphatic hydroxyl groups excluding tert-OH is 1. The molecule has 0 saturated carbocycles. The Morgan fingerprint density at radius 3 is 2.51 bits per heavy atom. The fourth-order valence-corrected chi connectivity index (χ4v) is 4.25. The molecule has 1 aliphatic rings. The summed E-state index contributed by atoms with van der Waals surface area (Å²) in [6.07, 6.45) is 18.7. The smallest absolute Gasteiger partial charge is 0.224 e. The number of carbonyl (C=O) groups is 1. The molecule has 0 spiro atoms. The summed E-state index contributed by atoms with van der Waals surface area (Å²) in [5.41, 5.74) is 2.13. The van der Waals surface area contributed by atoms with Crippen LogP contribution >= 0.6 is 0 Å². The number of hydrogen-bond acceptors (Lipinski definition) is 4. The van der Waals surface area contributed by atoms with Crippen molar-refractivity contribution in [3.8, 4) is 0 Å². The molecule has 0 aromatic heterocycles. The van der Waals surface area contributed by atoms with Gasteiger partial charge in [0, 0.05) is 32.6 Å². The molecule has 1 aromatic carbocycles. The zero-order valence-corrected chi connectivity index (χ0v) is 23.9. The monoisotopic (exact) mass is 531 g/mol. The van der Waals surface area contributed by atoms with Crippen molar-refractivity contribution in [2.75, 3.05) is 26.7 Å². The number of piperidine rings is 1. The van der Waals surface area contributed by atoms with Gasteiger partial charge in [0.2, 0.25) is 5.91 Å². The van der Waals surface area contributed by atoms with Crippen molar-refractivity contribution >= 4 is 17.3 Å². The van der Waals surface area contributed by atoms with Gasteiger partial charge in [-0.2, -0.15) is 0 Å². The largest absolute Gasteiger partial charge is 0.493 e. The third kappa shape index (κ3) is 12.2. The van der Waals surface area contributed by atoms with Crippen LogP contribution in [0.5, 0.6) is 0 Å². The summed E-state index contributed by atoms with van der Waals surface area (Å²) in [5, 5.41) is 12.5. The van der Waals surface area contributed by atoms with Crippen LogP contribution in [0.1, 0.15) is 45.6 Å². The molecule has 0 aliphatic carbocycles. The Kier molecular flexibility index (Phi) is 14.4. The molecule has 2 atom stereocenters. The molecule has 1 heterocycles. The number of ether oxygens (including phenoxy) is 1. The van der Waals surface area contributed by atoms with Gasteiger partial charge in [-0.1, -0.05) is 73.4 Å². The first-order valence-electron chi connectivity index (χ1n) is 13.8.